The third kappa shape index (κ3) is 2.90. The van der Waals surface area contributed by atoms with E-state index < -0.39 is 6.09 Å². The molecule has 0 aliphatic carbocycles. The third-order valence-corrected chi connectivity index (χ3v) is 3.45. The number of nitrogen functional groups attached to an aromatic ring is 1. The number of likely N-dealkylation sites (tertiary alicyclic amines) is 1. The first-order chi connectivity index (χ1) is 8.16. The third-order valence-electron chi connectivity index (χ3n) is 3.45. The summed E-state index contributed by atoms with van der Waals surface area (Å²) in [5.41, 5.74) is 7.93. The molecule has 1 amide bonds. The summed E-state index contributed by atoms with van der Waals surface area (Å²) < 4.78 is 0. The summed E-state index contributed by atoms with van der Waals surface area (Å²) >= 11 is 0. The Kier molecular flexibility index (Phi) is 3.52. The van der Waals surface area contributed by atoms with Gasteiger partial charge in [-0.3, -0.25) is 0 Å². The molecule has 0 radical (unpaired) electrons. The normalized spacial score (nSPS) is 17.1. The molecule has 1 saturated heterocycles. The summed E-state index contributed by atoms with van der Waals surface area (Å²) in [6.07, 6.45) is 2.02. The number of amides is 1. The van der Waals surface area contributed by atoms with Gasteiger partial charge in [-0.05, 0) is 36.8 Å². The maximum Gasteiger partial charge on any atom is 0.407 e. The molecule has 4 heteroatoms. The van der Waals surface area contributed by atoms with Crippen molar-refractivity contribution in [1.82, 2.24) is 4.90 Å². The van der Waals surface area contributed by atoms with Crippen LogP contribution in [0.25, 0.3) is 0 Å². The van der Waals surface area contributed by atoms with Crippen molar-refractivity contribution in [2.45, 2.75) is 19.3 Å². The van der Waals surface area contributed by atoms with E-state index in [-0.39, 0.29) is 0 Å². The van der Waals surface area contributed by atoms with E-state index in [9.17, 15) is 4.79 Å². The number of rotatable bonds is 2. The number of carbonyl (C=O) groups is 1. The smallest absolute Gasteiger partial charge is 0.407 e. The van der Waals surface area contributed by atoms with E-state index in [1.807, 2.05) is 18.2 Å². The Bertz CT molecular complexity index is 398. The van der Waals surface area contributed by atoms with Gasteiger partial charge in [-0.15, -0.1) is 0 Å². The highest BCUT2D eigenvalue weighted by molar-refractivity contribution is 5.65. The van der Waals surface area contributed by atoms with Gasteiger partial charge in [-0.2, -0.15) is 0 Å². The monoisotopic (exact) mass is 234 g/mol. The zero-order chi connectivity index (χ0) is 12.3. The van der Waals surface area contributed by atoms with Gasteiger partial charge in [-0.1, -0.05) is 18.2 Å². The summed E-state index contributed by atoms with van der Waals surface area (Å²) in [5.74, 6) is 0.551. The molecule has 0 aromatic heterocycles. The van der Waals surface area contributed by atoms with Crippen molar-refractivity contribution in [3.63, 3.8) is 0 Å². The predicted octanol–water partition coefficient (Wildman–Crippen LogP) is 2.20. The molecule has 1 fully saturated rings. The second kappa shape index (κ2) is 5.08. The van der Waals surface area contributed by atoms with Gasteiger partial charge in [0.15, 0.2) is 0 Å². The number of hydrogen-bond donors (Lipinski definition) is 2. The van der Waals surface area contributed by atoms with Crippen molar-refractivity contribution < 1.29 is 9.90 Å². The summed E-state index contributed by atoms with van der Waals surface area (Å²) in [4.78, 5) is 12.3. The first-order valence-corrected chi connectivity index (χ1v) is 5.98. The predicted molar refractivity (Wildman–Crippen MR) is 66.9 cm³/mol. The first kappa shape index (κ1) is 11.8. The van der Waals surface area contributed by atoms with Crippen LogP contribution in [0.1, 0.15) is 18.4 Å². The molecule has 1 heterocycles. The first-order valence-electron chi connectivity index (χ1n) is 5.98. The number of hydrogen-bond acceptors (Lipinski definition) is 2. The highest BCUT2D eigenvalue weighted by Gasteiger charge is 2.22. The van der Waals surface area contributed by atoms with Crippen LogP contribution in [0.5, 0.6) is 0 Å². The van der Waals surface area contributed by atoms with Crippen LogP contribution in [-0.2, 0) is 6.42 Å². The van der Waals surface area contributed by atoms with E-state index in [1.54, 1.807) is 0 Å². The van der Waals surface area contributed by atoms with Gasteiger partial charge in [-0.25, -0.2) is 4.79 Å². The summed E-state index contributed by atoms with van der Waals surface area (Å²) in [6, 6.07) is 7.91. The maximum absolute atomic E-state index is 10.8. The van der Waals surface area contributed by atoms with Crippen molar-refractivity contribution >= 4 is 11.8 Å². The topological polar surface area (TPSA) is 66.6 Å². The van der Waals surface area contributed by atoms with E-state index in [4.69, 9.17) is 10.8 Å². The highest BCUT2D eigenvalue weighted by Crippen LogP contribution is 2.24. The molecular formula is C13H18N2O2. The summed E-state index contributed by atoms with van der Waals surface area (Å²) in [5, 5.41) is 8.86. The Balaban J connectivity index is 1.90. The SMILES string of the molecule is Nc1ccccc1CC1CCN(C(=O)O)CC1. The van der Waals surface area contributed by atoms with Crippen LogP contribution in [-0.4, -0.2) is 29.2 Å². The average molecular weight is 234 g/mol. The second-order valence-electron chi connectivity index (χ2n) is 4.62. The molecule has 0 unspecified atom stereocenters. The number of anilines is 1. The Morgan fingerprint density at radius 3 is 2.59 bits per heavy atom. The lowest BCUT2D eigenvalue weighted by atomic mass is 9.90. The molecule has 0 bridgehead atoms. The largest absolute Gasteiger partial charge is 0.465 e. The number of nitrogens with zero attached hydrogens (tertiary/aromatic N) is 1. The molecule has 1 aromatic rings. The molecule has 1 aliphatic rings. The standard InChI is InChI=1S/C13H18N2O2/c14-12-4-2-1-3-11(12)9-10-5-7-15(8-6-10)13(16)17/h1-4,10H,5-9,14H2,(H,16,17). The lowest BCUT2D eigenvalue weighted by Gasteiger charge is -2.30. The van der Waals surface area contributed by atoms with Crippen LogP contribution in [0.15, 0.2) is 24.3 Å². The molecule has 0 spiro atoms. The van der Waals surface area contributed by atoms with Gasteiger partial charge >= 0.3 is 6.09 Å². The van der Waals surface area contributed by atoms with E-state index in [2.05, 4.69) is 6.07 Å². The fourth-order valence-electron chi connectivity index (χ4n) is 2.36. The van der Waals surface area contributed by atoms with Gasteiger partial charge in [0.05, 0.1) is 0 Å². The maximum atomic E-state index is 10.8. The van der Waals surface area contributed by atoms with Crippen LogP contribution in [0.3, 0.4) is 0 Å². The fraction of sp³-hybridized carbons (Fsp3) is 0.462. The minimum absolute atomic E-state index is 0.551. The minimum Gasteiger partial charge on any atom is -0.465 e. The molecule has 2 rings (SSSR count). The van der Waals surface area contributed by atoms with Crippen molar-refractivity contribution in [3.8, 4) is 0 Å². The number of nitrogens with two attached hydrogens (primary N) is 1. The number of carboxylic acid groups (broad SMARTS) is 1. The van der Waals surface area contributed by atoms with E-state index in [0.29, 0.717) is 19.0 Å². The van der Waals surface area contributed by atoms with E-state index in [1.165, 1.54) is 10.5 Å². The van der Waals surface area contributed by atoms with Crippen molar-refractivity contribution in [2.75, 3.05) is 18.8 Å². The van der Waals surface area contributed by atoms with Gasteiger partial charge < -0.3 is 15.7 Å². The lowest BCUT2D eigenvalue weighted by Crippen LogP contribution is -2.37. The highest BCUT2D eigenvalue weighted by atomic mass is 16.4. The Labute approximate surface area is 101 Å². The van der Waals surface area contributed by atoms with Gasteiger partial charge in [0.25, 0.3) is 0 Å². The van der Waals surface area contributed by atoms with Crippen LogP contribution < -0.4 is 5.73 Å². The molecule has 3 N–H and O–H groups in total. The van der Waals surface area contributed by atoms with E-state index in [0.717, 1.165) is 24.9 Å². The molecule has 92 valence electrons. The lowest BCUT2D eigenvalue weighted by molar-refractivity contribution is 0.124. The van der Waals surface area contributed by atoms with Crippen molar-refractivity contribution in [2.24, 2.45) is 5.92 Å². The Morgan fingerprint density at radius 2 is 2.00 bits per heavy atom. The number of piperidine rings is 1. The van der Waals surface area contributed by atoms with E-state index >= 15 is 0 Å². The molecule has 0 saturated carbocycles. The zero-order valence-corrected chi connectivity index (χ0v) is 9.80. The van der Waals surface area contributed by atoms with Crippen LogP contribution in [0.4, 0.5) is 10.5 Å². The van der Waals surface area contributed by atoms with Gasteiger partial charge in [0.2, 0.25) is 0 Å². The molecule has 1 aliphatic heterocycles. The van der Waals surface area contributed by atoms with Crippen LogP contribution in [0.2, 0.25) is 0 Å². The zero-order valence-electron chi connectivity index (χ0n) is 9.80. The van der Waals surface area contributed by atoms with Crippen molar-refractivity contribution in [3.05, 3.63) is 29.8 Å². The Hall–Kier alpha value is -1.71. The fourth-order valence-corrected chi connectivity index (χ4v) is 2.36. The van der Waals surface area contributed by atoms with Gasteiger partial charge in [0.1, 0.15) is 0 Å². The second-order valence-corrected chi connectivity index (χ2v) is 4.62. The number of benzene rings is 1. The molecular weight excluding hydrogens is 216 g/mol. The molecule has 4 nitrogen and oxygen atoms in total. The summed E-state index contributed by atoms with van der Waals surface area (Å²) in [7, 11) is 0. The number of para-hydroxylation sites is 1. The average Bonchev–Trinajstić information content (AvgIpc) is 2.33. The Morgan fingerprint density at radius 1 is 1.35 bits per heavy atom. The molecule has 17 heavy (non-hydrogen) atoms. The van der Waals surface area contributed by atoms with Crippen molar-refractivity contribution in [1.29, 1.82) is 0 Å². The van der Waals surface area contributed by atoms with Gasteiger partial charge in [0, 0.05) is 18.8 Å². The molecule has 0 atom stereocenters. The minimum atomic E-state index is -0.803. The summed E-state index contributed by atoms with van der Waals surface area (Å²) in [6.45, 7) is 1.29. The quantitative estimate of drug-likeness (QED) is 0.771. The van der Waals surface area contributed by atoms with Crippen LogP contribution >= 0.6 is 0 Å². The van der Waals surface area contributed by atoms with Crippen LogP contribution in [0, 0.1) is 5.92 Å². The molecule has 1 aromatic carbocycles.